The molecule has 0 aliphatic heterocycles. The molecule has 0 spiro atoms. The monoisotopic (exact) mass is 262 g/mol. The number of nitrogens with zero attached hydrogens (tertiary/aromatic N) is 3. The Morgan fingerprint density at radius 2 is 1.94 bits per heavy atom. The van der Waals surface area contributed by atoms with Gasteiger partial charge in [-0.1, -0.05) is 17.7 Å². The van der Waals surface area contributed by atoms with Gasteiger partial charge in [-0.15, -0.1) is 0 Å². The van der Waals surface area contributed by atoms with E-state index >= 15 is 0 Å². The highest BCUT2D eigenvalue weighted by Gasteiger charge is 2.02. The molecule has 0 aliphatic carbocycles. The maximum absolute atomic E-state index is 6.08. The van der Waals surface area contributed by atoms with Gasteiger partial charge in [0, 0.05) is 30.9 Å². The fourth-order valence-electron chi connectivity index (χ4n) is 1.48. The van der Waals surface area contributed by atoms with Gasteiger partial charge in [-0.25, -0.2) is 9.97 Å². The van der Waals surface area contributed by atoms with E-state index in [0.29, 0.717) is 0 Å². The molecule has 4 nitrogen and oxygen atoms in total. The van der Waals surface area contributed by atoms with Gasteiger partial charge in [-0.2, -0.15) is 0 Å². The molecule has 2 rings (SSSR count). The minimum atomic E-state index is 0.738. The molecule has 0 saturated heterocycles. The number of hydrogen-bond acceptors (Lipinski definition) is 4. The number of benzene rings is 1. The fraction of sp³-hybridized carbons (Fsp3) is 0.231. The predicted molar refractivity (Wildman–Crippen MR) is 75.8 cm³/mol. The number of aromatic nitrogens is 2. The van der Waals surface area contributed by atoms with Gasteiger partial charge in [0.25, 0.3) is 0 Å². The highest BCUT2D eigenvalue weighted by Crippen LogP contribution is 2.23. The summed E-state index contributed by atoms with van der Waals surface area (Å²) in [6, 6.07) is 7.71. The van der Waals surface area contributed by atoms with Crippen molar-refractivity contribution in [3.63, 3.8) is 0 Å². The van der Waals surface area contributed by atoms with E-state index in [0.717, 1.165) is 27.9 Å². The normalized spacial score (nSPS) is 10.2. The van der Waals surface area contributed by atoms with Crippen LogP contribution < -0.4 is 10.2 Å². The van der Waals surface area contributed by atoms with E-state index in [1.165, 1.54) is 6.33 Å². The van der Waals surface area contributed by atoms with Crippen molar-refractivity contribution in [3.05, 3.63) is 41.2 Å². The van der Waals surface area contributed by atoms with Gasteiger partial charge in [-0.05, 0) is 24.6 Å². The molecular weight excluding hydrogens is 248 g/mol. The molecule has 5 heteroatoms. The molecule has 1 N–H and O–H groups in total. The first-order valence-electron chi connectivity index (χ1n) is 5.59. The molecule has 0 radical (unpaired) electrons. The second-order valence-corrected chi connectivity index (χ2v) is 4.65. The summed E-state index contributed by atoms with van der Waals surface area (Å²) in [6.45, 7) is 1.97. The quantitative estimate of drug-likeness (QED) is 0.922. The molecule has 0 bridgehead atoms. The maximum Gasteiger partial charge on any atom is 0.135 e. The van der Waals surface area contributed by atoms with Crippen LogP contribution in [0.15, 0.2) is 30.6 Å². The second kappa shape index (κ2) is 5.23. The van der Waals surface area contributed by atoms with Crippen LogP contribution in [0, 0.1) is 6.92 Å². The third-order valence-electron chi connectivity index (χ3n) is 2.56. The summed E-state index contributed by atoms with van der Waals surface area (Å²) in [6.07, 6.45) is 1.54. The third-order valence-corrected chi connectivity index (χ3v) is 2.96. The maximum atomic E-state index is 6.08. The second-order valence-electron chi connectivity index (χ2n) is 4.24. The van der Waals surface area contributed by atoms with Crippen molar-refractivity contribution in [1.82, 2.24) is 9.97 Å². The molecule has 0 amide bonds. The van der Waals surface area contributed by atoms with Gasteiger partial charge in [0.2, 0.25) is 0 Å². The number of rotatable bonds is 3. The Morgan fingerprint density at radius 3 is 2.61 bits per heavy atom. The van der Waals surface area contributed by atoms with E-state index in [1.54, 1.807) is 0 Å². The third kappa shape index (κ3) is 2.90. The van der Waals surface area contributed by atoms with E-state index in [2.05, 4.69) is 15.3 Å². The molecule has 1 aromatic carbocycles. The zero-order chi connectivity index (χ0) is 13.1. The van der Waals surface area contributed by atoms with Crippen molar-refractivity contribution in [2.45, 2.75) is 6.92 Å². The predicted octanol–water partition coefficient (Wildman–Crippen LogP) is 3.25. The lowest BCUT2D eigenvalue weighted by Crippen LogP contribution is -2.11. The van der Waals surface area contributed by atoms with E-state index in [9.17, 15) is 0 Å². The summed E-state index contributed by atoms with van der Waals surface area (Å²) in [5.41, 5.74) is 1.97. The molecule has 18 heavy (non-hydrogen) atoms. The minimum Gasteiger partial charge on any atom is -0.363 e. The van der Waals surface area contributed by atoms with Crippen LogP contribution in [-0.4, -0.2) is 24.1 Å². The van der Waals surface area contributed by atoms with Crippen LogP contribution in [0.25, 0.3) is 0 Å². The first-order valence-corrected chi connectivity index (χ1v) is 5.96. The van der Waals surface area contributed by atoms with Crippen molar-refractivity contribution in [1.29, 1.82) is 0 Å². The van der Waals surface area contributed by atoms with E-state index in [-0.39, 0.29) is 0 Å². The largest absolute Gasteiger partial charge is 0.363 e. The zero-order valence-electron chi connectivity index (χ0n) is 10.6. The first-order chi connectivity index (χ1) is 8.56. The lowest BCUT2D eigenvalue weighted by atomic mass is 10.2. The summed E-state index contributed by atoms with van der Waals surface area (Å²) in [7, 11) is 3.88. The standard InChI is InChI=1S/C13H15ClN4/c1-9-4-5-10(6-11(9)14)17-12-7-13(18(2)3)16-8-15-12/h4-8H,1-3H3,(H,15,16,17). The Balaban J connectivity index is 2.23. The lowest BCUT2D eigenvalue weighted by molar-refractivity contribution is 1.04. The van der Waals surface area contributed by atoms with Gasteiger partial charge >= 0.3 is 0 Å². The molecular formula is C13H15ClN4. The molecule has 0 unspecified atom stereocenters. The number of aryl methyl sites for hydroxylation is 1. The van der Waals surface area contributed by atoms with Crippen molar-refractivity contribution in [2.75, 3.05) is 24.3 Å². The van der Waals surface area contributed by atoms with Gasteiger partial charge in [0.1, 0.15) is 18.0 Å². The van der Waals surface area contributed by atoms with Crippen molar-refractivity contribution in [2.24, 2.45) is 0 Å². The lowest BCUT2D eigenvalue weighted by Gasteiger charge is -2.12. The number of nitrogens with one attached hydrogen (secondary N) is 1. The van der Waals surface area contributed by atoms with Crippen molar-refractivity contribution in [3.8, 4) is 0 Å². The Bertz CT molecular complexity index is 554. The number of anilines is 3. The van der Waals surface area contributed by atoms with Crippen LogP contribution in [0.2, 0.25) is 5.02 Å². The molecule has 0 aliphatic rings. The molecule has 1 aromatic heterocycles. The van der Waals surface area contributed by atoms with Crippen molar-refractivity contribution < 1.29 is 0 Å². The van der Waals surface area contributed by atoms with E-state index in [4.69, 9.17) is 11.6 Å². The van der Waals surface area contributed by atoms with Crippen LogP contribution in [0.4, 0.5) is 17.3 Å². The minimum absolute atomic E-state index is 0.738. The van der Waals surface area contributed by atoms with Crippen LogP contribution in [-0.2, 0) is 0 Å². The molecule has 0 fully saturated rings. The number of hydrogen-bond donors (Lipinski definition) is 1. The summed E-state index contributed by atoms with van der Waals surface area (Å²) in [4.78, 5) is 10.3. The van der Waals surface area contributed by atoms with Crippen LogP contribution in [0.5, 0.6) is 0 Å². The summed E-state index contributed by atoms with van der Waals surface area (Å²) in [5.74, 6) is 1.60. The zero-order valence-corrected chi connectivity index (χ0v) is 11.4. The topological polar surface area (TPSA) is 41.0 Å². The summed E-state index contributed by atoms with van der Waals surface area (Å²) < 4.78 is 0. The summed E-state index contributed by atoms with van der Waals surface area (Å²) in [5, 5.41) is 3.94. The molecule has 0 atom stereocenters. The smallest absolute Gasteiger partial charge is 0.135 e. The first kappa shape index (κ1) is 12.6. The van der Waals surface area contributed by atoms with Gasteiger partial charge in [0.15, 0.2) is 0 Å². The number of halogens is 1. The SMILES string of the molecule is Cc1ccc(Nc2cc(N(C)C)ncn2)cc1Cl. The Labute approximate surface area is 112 Å². The van der Waals surface area contributed by atoms with E-state index in [1.807, 2.05) is 50.2 Å². The van der Waals surface area contributed by atoms with E-state index < -0.39 is 0 Å². The molecule has 0 saturated carbocycles. The highest BCUT2D eigenvalue weighted by molar-refractivity contribution is 6.31. The Morgan fingerprint density at radius 1 is 1.17 bits per heavy atom. The average molecular weight is 263 g/mol. The fourth-order valence-corrected chi connectivity index (χ4v) is 1.66. The Hall–Kier alpha value is -1.81. The Kier molecular flexibility index (Phi) is 3.67. The average Bonchev–Trinajstić information content (AvgIpc) is 2.34. The molecule has 1 heterocycles. The molecule has 94 valence electrons. The molecule has 2 aromatic rings. The van der Waals surface area contributed by atoms with Gasteiger partial charge < -0.3 is 10.2 Å². The van der Waals surface area contributed by atoms with Gasteiger partial charge in [0.05, 0.1) is 0 Å². The van der Waals surface area contributed by atoms with Crippen molar-refractivity contribution >= 4 is 28.9 Å². The summed E-state index contributed by atoms with van der Waals surface area (Å²) >= 11 is 6.08. The highest BCUT2D eigenvalue weighted by atomic mass is 35.5. The van der Waals surface area contributed by atoms with Crippen LogP contribution >= 0.6 is 11.6 Å². The van der Waals surface area contributed by atoms with Gasteiger partial charge in [-0.3, -0.25) is 0 Å². The van der Waals surface area contributed by atoms with Crippen LogP contribution in [0.1, 0.15) is 5.56 Å². The van der Waals surface area contributed by atoms with Crippen LogP contribution in [0.3, 0.4) is 0 Å².